The third-order valence-corrected chi connectivity index (χ3v) is 4.93. The standard InChI is InChI=1S/C25H39NO7/c1-7-18(2)22(26-24(29)33-25(3,4)5)23(28)32-20(14-11-15-30-6)16-21(27)31-17-19-12-9-8-10-13-19/h8-10,12-13,18,20,22H,7,11,14-17H2,1-6H3,(H,26,29)/t18-,20+,22+/m0/s1. The minimum Gasteiger partial charge on any atom is -0.461 e. The van der Waals surface area contributed by atoms with Crippen molar-refractivity contribution in [3.8, 4) is 0 Å². The van der Waals surface area contributed by atoms with Gasteiger partial charge in [-0.1, -0.05) is 50.6 Å². The lowest BCUT2D eigenvalue weighted by molar-refractivity contribution is -0.159. The first kappa shape index (κ1) is 28.4. The number of hydrogen-bond acceptors (Lipinski definition) is 7. The summed E-state index contributed by atoms with van der Waals surface area (Å²) >= 11 is 0. The number of carbonyl (C=O) groups excluding carboxylic acids is 3. The maximum Gasteiger partial charge on any atom is 0.408 e. The first-order valence-electron chi connectivity index (χ1n) is 11.4. The van der Waals surface area contributed by atoms with Gasteiger partial charge in [0.25, 0.3) is 0 Å². The maximum atomic E-state index is 13.0. The highest BCUT2D eigenvalue weighted by atomic mass is 16.6. The predicted octanol–water partition coefficient (Wildman–Crippen LogP) is 4.40. The molecule has 0 spiro atoms. The molecule has 0 radical (unpaired) electrons. The number of alkyl carbamates (subject to hydrolysis) is 1. The van der Waals surface area contributed by atoms with E-state index in [2.05, 4.69) is 5.32 Å². The monoisotopic (exact) mass is 465 g/mol. The van der Waals surface area contributed by atoms with Gasteiger partial charge in [0.2, 0.25) is 0 Å². The lowest BCUT2D eigenvalue weighted by Crippen LogP contribution is -2.48. The molecule has 1 amide bonds. The number of carbonyl (C=O) groups is 3. The van der Waals surface area contributed by atoms with Gasteiger partial charge in [-0.05, 0) is 45.1 Å². The Morgan fingerprint density at radius 2 is 1.76 bits per heavy atom. The van der Waals surface area contributed by atoms with E-state index in [4.69, 9.17) is 18.9 Å². The van der Waals surface area contributed by atoms with Gasteiger partial charge in [-0.3, -0.25) is 4.79 Å². The van der Waals surface area contributed by atoms with Gasteiger partial charge >= 0.3 is 18.0 Å². The molecule has 0 fully saturated rings. The highest BCUT2D eigenvalue weighted by Crippen LogP contribution is 2.16. The number of methoxy groups -OCH3 is 1. The van der Waals surface area contributed by atoms with Crippen molar-refractivity contribution in [3.63, 3.8) is 0 Å². The molecule has 0 aliphatic heterocycles. The van der Waals surface area contributed by atoms with Crippen molar-refractivity contribution >= 4 is 18.0 Å². The van der Waals surface area contributed by atoms with E-state index in [0.29, 0.717) is 25.9 Å². The highest BCUT2D eigenvalue weighted by Gasteiger charge is 2.32. The van der Waals surface area contributed by atoms with Gasteiger partial charge in [0, 0.05) is 13.7 Å². The first-order valence-corrected chi connectivity index (χ1v) is 11.4. The number of benzene rings is 1. The molecule has 186 valence electrons. The Hall–Kier alpha value is -2.61. The Bertz CT molecular complexity index is 730. The lowest BCUT2D eigenvalue weighted by Gasteiger charge is -2.27. The summed E-state index contributed by atoms with van der Waals surface area (Å²) in [5.41, 5.74) is 0.177. The van der Waals surface area contributed by atoms with Gasteiger partial charge in [-0.2, -0.15) is 0 Å². The van der Waals surface area contributed by atoms with Crippen LogP contribution in [0.1, 0.15) is 65.9 Å². The number of ether oxygens (including phenoxy) is 4. The number of amides is 1. The SMILES string of the molecule is CC[C@H](C)[C@@H](NC(=O)OC(C)(C)C)C(=O)O[C@H](CCCOC)CC(=O)OCc1ccccc1. The van der Waals surface area contributed by atoms with Crippen LogP contribution in [0.5, 0.6) is 0 Å². The molecular formula is C25H39NO7. The molecule has 0 aromatic heterocycles. The Kier molecular flexibility index (Phi) is 12.5. The zero-order valence-corrected chi connectivity index (χ0v) is 20.7. The van der Waals surface area contributed by atoms with Crippen LogP contribution >= 0.6 is 0 Å². The van der Waals surface area contributed by atoms with E-state index in [-0.39, 0.29) is 18.9 Å². The average Bonchev–Trinajstić information content (AvgIpc) is 2.75. The van der Waals surface area contributed by atoms with Crippen molar-refractivity contribution in [3.05, 3.63) is 35.9 Å². The van der Waals surface area contributed by atoms with Crippen LogP contribution in [0.25, 0.3) is 0 Å². The molecule has 0 unspecified atom stereocenters. The summed E-state index contributed by atoms with van der Waals surface area (Å²) < 4.78 is 21.4. The van der Waals surface area contributed by atoms with Crippen molar-refractivity contribution in [1.82, 2.24) is 5.32 Å². The number of esters is 2. The van der Waals surface area contributed by atoms with E-state index >= 15 is 0 Å². The molecule has 1 rings (SSSR count). The summed E-state index contributed by atoms with van der Waals surface area (Å²) in [5.74, 6) is -1.25. The summed E-state index contributed by atoms with van der Waals surface area (Å²) in [5, 5.41) is 2.62. The molecule has 3 atom stereocenters. The molecule has 33 heavy (non-hydrogen) atoms. The third kappa shape index (κ3) is 12.3. The van der Waals surface area contributed by atoms with Crippen LogP contribution < -0.4 is 5.32 Å². The molecule has 1 N–H and O–H groups in total. The minimum absolute atomic E-state index is 0.0814. The molecule has 0 bridgehead atoms. The van der Waals surface area contributed by atoms with Gasteiger partial charge < -0.3 is 24.3 Å². The summed E-state index contributed by atoms with van der Waals surface area (Å²) in [4.78, 5) is 37.6. The normalized spacial score (nSPS) is 14.0. The largest absolute Gasteiger partial charge is 0.461 e. The molecule has 0 saturated heterocycles. The zero-order valence-electron chi connectivity index (χ0n) is 20.7. The molecular weight excluding hydrogens is 426 g/mol. The lowest BCUT2D eigenvalue weighted by atomic mass is 9.99. The van der Waals surface area contributed by atoms with E-state index < -0.39 is 35.8 Å². The second kappa shape index (κ2) is 14.5. The van der Waals surface area contributed by atoms with Crippen LogP contribution in [0.2, 0.25) is 0 Å². The van der Waals surface area contributed by atoms with Crippen molar-refractivity contribution in [2.45, 2.75) is 84.7 Å². The quantitative estimate of drug-likeness (QED) is 0.262. The zero-order chi connectivity index (χ0) is 24.9. The van der Waals surface area contributed by atoms with Crippen molar-refractivity contribution in [2.75, 3.05) is 13.7 Å². The second-order valence-corrected chi connectivity index (χ2v) is 9.05. The number of rotatable bonds is 13. The van der Waals surface area contributed by atoms with E-state index in [1.807, 2.05) is 44.2 Å². The summed E-state index contributed by atoms with van der Waals surface area (Å²) in [6.07, 6.45) is 0.212. The molecule has 0 aliphatic rings. The third-order valence-electron chi connectivity index (χ3n) is 4.93. The summed E-state index contributed by atoms with van der Waals surface area (Å²) in [6, 6.07) is 8.45. The molecule has 0 heterocycles. The number of nitrogens with one attached hydrogen (secondary N) is 1. The Morgan fingerprint density at radius 3 is 2.33 bits per heavy atom. The fraction of sp³-hybridized carbons (Fsp3) is 0.640. The Morgan fingerprint density at radius 1 is 1.09 bits per heavy atom. The smallest absolute Gasteiger partial charge is 0.408 e. The summed E-state index contributed by atoms with van der Waals surface area (Å²) in [7, 11) is 1.58. The number of hydrogen-bond donors (Lipinski definition) is 1. The van der Waals surface area contributed by atoms with Crippen LogP contribution in [0.3, 0.4) is 0 Å². The van der Waals surface area contributed by atoms with Gasteiger partial charge in [0.1, 0.15) is 24.4 Å². The van der Waals surface area contributed by atoms with Gasteiger partial charge in [0.15, 0.2) is 0 Å². The Labute approximate surface area is 197 Å². The average molecular weight is 466 g/mol. The van der Waals surface area contributed by atoms with E-state index in [1.54, 1.807) is 27.9 Å². The van der Waals surface area contributed by atoms with Crippen LogP contribution in [-0.2, 0) is 35.1 Å². The first-order chi connectivity index (χ1) is 15.6. The van der Waals surface area contributed by atoms with Crippen LogP contribution in [-0.4, -0.2) is 49.5 Å². The van der Waals surface area contributed by atoms with Crippen molar-refractivity contribution in [1.29, 1.82) is 0 Å². The molecule has 8 heteroatoms. The topological polar surface area (TPSA) is 100 Å². The van der Waals surface area contributed by atoms with Gasteiger partial charge in [-0.15, -0.1) is 0 Å². The van der Waals surface area contributed by atoms with E-state index in [0.717, 1.165) is 5.56 Å². The van der Waals surface area contributed by atoms with E-state index in [1.165, 1.54) is 0 Å². The molecule has 1 aromatic rings. The molecule has 0 saturated carbocycles. The van der Waals surface area contributed by atoms with Crippen LogP contribution in [0, 0.1) is 5.92 Å². The van der Waals surface area contributed by atoms with Crippen LogP contribution in [0.15, 0.2) is 30.3 Å². The van der Waals surface area contributed by atoms with E-state index in [9.17, 15) is 14.4 Å². The fourth-order valence-electron chi connectivity index (χ4n) is 2.98. The highest BCUT2D eigenvalue weighted by molar-refractivity contribution is 5.82. The van der Waals surface area contributed by atoms with Crippen molar-refractivity contribution < 1.29 is 33.3 Å². The van der Waals surface area contributed by atoms with Gasteiger partial charge in [0.05, 0.1) is 6.42 Å². The van der Waals surface area contributed by atoms with Crippen molar-refractivity contribution in [2.24, 2.45) is 5.92 Å². The van der Waals surface area contributed by atoms with Crippen LogP contribution in [0.4, 0.5) is 4.79 Å². The summed E-state index contributed by atoms with van der Waals surface area (Å²) in [6.45, 7) is 9.62. The second-order valence-electron chi connectivity index (χ2n) is 9.05. The Balaban J connectivity index is 2.79. The van der Waals surface area contributed by atoms with Gasteiger partial charge in [-0.25, -0.2) is 9.59 Å². The predicted molar refractivity (Wildman–Crippen MR) is 124 cm³/mol. The maximum absolute atomic E-state index is 13.0. The minimum atomic E-state index is -0.893. The molecule has 8 nitrogen and oxygen atoms in total. The fourth-order valence-corrected chi connectivity index (χ4v) is 2.98. The molecule has 0 aliphatic carbocycles. The molecule has 1 aromatic carbocycles.